The molecule has 5 heteroatoms. The van der Waals surface area contributed by atoms with E-state index in [-0.39, 0.29) is 18.1 Å². The van der Waals surface area contributed by atoms with Crippen LogP contribution in [0.1, 0.15) is 26.0 Å². The molecule has 0 aromatic carbocycles. The number of nitrogens with one attached hydrogen (secondary N) is 1. The predicted octanol–water partition coefficient (Wildman–Crippen LogP) is 0.987. The topological polar surface area (TPSA) is 65.7 Å². The van der Waals surface area contributed by atoms with Crippen LogP contribution >= 0.6 is 0 Å². The number of carbonyl (C=O) groups is 1. The van der Waals surface area contributed by atoms with Gasteiger partial charge in [0.25, 0.3) is 0 Å². The molecule has 0 radical (unpaired) electrons. The molecule has 18 heavy (non-hydrogen) atoms. The maximum Gasteiger partial charge on any atom is 0.237 e. The molecule has 0 saturated carbocycles. The van der Waals surface area contributed by atoms with E-state index in [1.54, 1.807) is 19.3 Å². The smallest absolute Gasteiger partial charge is 0.237 e. The maximum absolute atomic E-state index is 11.9. The van der Waals surface area contributed by atoms with Crippen molar-refractivity contribution in [1.82, 2.24) is 10.2 Å². The van der Waals surface area contributed by atoms with Crippen molar-refractivity contribution in [2.45, 2.75) is 39.0 Å². The Bertz CT molecular complexity index is 349. The summed E-state index contributed by atoms with van der Waals surface area (Å²) < 4.78 is 5.14. The highest BCUT2D eigenvalue weighted by Gasteiger charge is 2.17. The molecule has 2 unspecified atom stereocenters. The minimum absolute atomic E-state index is 0.0421. The zero-order valence-electron chi connectivity index (χ0n) is 11.2. The van der Waals surface area contributed by atoms with Crippen molar-refractivity contribution in [2.24, 2.45) is 0 Å². The molecule has 2 atom stereocenters. The van der Waals surface area contributed by atoms with E-state index < -0.39 is 0 Å². The number of aliphatic hydroxyl groups excluding tert-OH is 1. The molecule has 2 N–H and O–H groups in total. The summed E-state index contributed by atoms with van der Waals surface area (Å²) in [6, 6.07) is 3.39. The van der Waals surface area contributed by atoms with Crippen LogP contribution in [0.3, 0.4) is 0 Å². The number of hydrogen-bond donors (Lipinski definition) is 2. The molecule has 1 aromatic heterocycles. The van der Waals surface area contributed by atoms with Gasteiger partial charge in [-0.3, -0.25) is 9.69 Å². The second-order valence-corrected chi connectivity index (χ2v) is 4.59. The van der Waals surface area contributed by atoms with Gasteiger partial charge in [0.15, 0.2) is 0 Å². The number of carbonyl (C=O) groups excluding carboxylic acids is 1. The van der Waals surface area contributed by atoms with Gasteiger partial charge in [0.05, 0.1) is 25.0 Å². The molecule has 1 amide bonds. The molecule has 5 nitrogen and oxygen atoms in total. The molecule has 0 aliphatic carbocycles. The summed E-state index contributed by atoms with van der Waals surface area (Å²) >= 11 is 0. The number of amides is 1. The Morgan fingerprint density at radius 1 is 1.56 bits per heavy atom. The van der Waals surface area contributed by atoms with Crippen LogP contribution in [-0.2, 0) is 11.3 Å². The van der Waals surface area contributed by atoms with Crippen molar-refractivity contribution in [3.8, 4) is 0 Å². The molecule has 0 aliphatic rings. The first-order valence-electron chi connectivity index (χ1n) is 6.19. The first kappa shape index (κ1) is 14.7. The zero-order valence-corrected chi connectivity index (χ0v) is 11.2. The number of hydrogen-bond acceptors (Lipinski definition) is 4. The average molecular weight is 254 g/mol. The summed E-state index contributed by atoms with van der Waals surface area (Å²) in [4.78, 5) is 13.8. The molecular formula is C13H22N2O3. The average Bonchev–Trinajstić information content (AvgIpc) is 2.85. The second kappa shape index (κ2) is 7.18. The van der Waals surface area contributed by atoms with Crippen molar-refractivity contribution >= 4 is 5.91 Å². The fraction of sp³-hybridized carbons (Fsp3) is 0.615. The number of rotatable bonds is 7. The van der Waals surface area contributed by atoms with Gasteiger partial charge in [0, 0.05) is 6.54 Å². The zero-order chi connectivity index (χ0) is 13.5. The van der Waals surface area contributed by atoms with Gasteiger partial charge in [-0.15, -0.1) is 0 Å². The molecule has 1 heterocycles. The predicted molar refractivity (Wildman–Crippen MR) is 68.9 cm³/mol. The van der Waals surface area contributed by atoms with E-state index in [9.17, 15) is 9.90 Å². The van der Waals surface area contributed by atoms with Crippen LogP contribution in [0.5, 0.6) is 0 Å². The lowest BCUT2D eigenvalue weighted by atomic mass is 10.2. The van der Waals surface area contributed by atoms with Gasteiger partial charge in [0.2, 0.25) is 5.91 Å². The lowest BCUT2D eigenvalue weighted by molar-refractivity contribution is -0.125. The van der Waals surface area contributed by atoms with Crippen LogP contribution in [-0.4, -0.2) is 41.7 Å². The monoisotopic (exact) mass is 254 g/mol. The molecule has 1 rings (SSSR count). The molecule has 0 saturated heterocycles. The fourth-order valence-corrected chi connectivity index (χ4v) is 1.52. The standard InChI is InChI=1S/C13H22N2O3/c1-10(16)6-7-15(3)11(2)13(17)14-9-12-5-4-8-18-12/h4-5,8,10-11,16H,6-7,9H2,1-3H3,(H,14,17). The van der Waals surface area contributed by atoms with Gasteiger partial charge < -0.3 is 14.8 Å². The highest BCUT2D eigenvalue weighted by Crippen LogP contribution is 2.02. The molecule has 1 aromatic rings. The van der Waals surface area contributed by atoms with E-state index in [1.165, 1.54) is 0 Å². The molecule has 0 fully saturated rings. The van der Waals surface area contributed by atoms with E-state index in [1.807, 2.05) is 24.9 Å². The van der Waals surface area contributed by atoms with Crippen LogP contribution in [0.25, 0.3) is 0 Å². The normalized spacial score (nSPS) is 14.5. The van der Waals surface area contributed by atoms with E-state index in [0.29, 0.717) is 19.5 Å². The quantitative estimate of drug-likeness (QED) is 0.761. The minimum atomic E-state index is -0.342. The van der Waals surface area contributed by atoms with Crippen molar-refractivity contribution in [2.75, 3.05) is 13.6 Å². The summed E-state index contributed by atoms with van der Waals surface area (Å²) in [6.07, 6.45) is 1.90. The summed E-state index contributed by atoms with van der Waals surface area (Å²) in [7, 11) is 1.87. The summed E-state index contributed by atoms with van der Waals surface area (Å²) in [6.45, 7) is 4.68. The maximum atomic E-state index is 11.9. The van der Waals surface area contributed by atoms with E-state index in [0.717, 1.165) is 5.76 Å². The highest BCUT2D eigenvalue weighted by molar-refractivity contribution is 5.81. The third-order valence-electron chi connectivity index (χ3n) is 2.96. The van der Waals surface area contributed by atoms with Crippen LogP contribution < -0.4 is 5.32 Å². The number of furan rings is 1. The first-order chi connectivity index (χ1) is 8.50. The van der Waals surface area contributed by atoms with Crippen molar-refractivity contribution in [3.05, 3.63) is 24.2 Å². The van der Waals surface area contributed by atoms with Crippen LogP contribution in [0.15, 0.2) is 22.8 Å². The van der Waals surface area contributed by atoms with E-state index >= 15 is 0 Å². The molecule has 0 bridgehead atoms. The molecular weight excluding hydrogens is 232 g/mol. The molecule has 0 spiro atoms. The largest absolute Gasteiger partial charge is 0.467 e. The van der Waals surface area contributed by atoms with Crippen molar-refractivity contribution < 1.29 is 14.3 Å². The Labute approximate surface area is 108 Å². The fourth-order valence-electron chi connectivity index (χ4n) is 1.52. The number of likely N-dealkylation sites (N-methyl/N-ethyl adjacent to an activating group) is 1. The number of aliphatic hydroxyl groups is 1. The van der Waals surface area contributed by atoms with Crippen LogP contribution in [0.4, 0.5) is 0 Å². The summed E-state index contributed by atoms with van der Waals surface area (Å²) in [5.74, 6) is 0.696. The molecule has 102 valence electrons. The van der Waals surface area contributed by atoms with E-state index in [2.05, 4.69) is 5.32 Å². The number of nitrogens with zero attached hydrogens (tertiary/aromatic N) is 1. The third kappa shape index (κ3) is 4.89. The van der Waals surface area contributed by atoms with Gasteiger partial charge in [-0.05, 0) is 39.4 Å². The summed E-state index contributed by atoms with van der Waals surface area (Å²) in [5, 5.41) is 12.0. The Kier molecular flexibility index (Phi) is 5.88. The van der Waals surface area contributed by atoms with Gasteiger partial charge in [0.1, 0.15) is 5.76 Å². The Balaban J connectivity index is 2.31. The lowest BCUT2D eigenvalue weighted by Gasteiger charge is -2.24. The third-order valence-corrected chi connectivity index (χ3v) is 2.96. The van der Waals surface area contributed by atoms with Crippen molar-refractivity contribution in [1.29, 1.82) is 0 Å². The van der Waals surface area contributed by atoms with Crippen LogP contribution in [0, 0.1) is 0 Å². The highest BCUT2D eigenvalue weighted by atomic mass is 16.3. The first-order valence-corrected chi connectivity index (χ1v) is 6.19. The lowest BCUT2D eigenvalue weighted by Crippen LogP contribution is -2.43. The van der Waals surface area contributed by atoms with Crippen molar-refractivity contribution in [3.63, 3.8) is 0 Å². The van der Waals surface area contributed by atoms with E-state index in [4.69, 9.17) is 4.42 Å². The van der Waals surface area contributed by atoms with Gasteiger partial charge in [-0.2, -0.15) is 0 Å². The Hall–Kier alpha value is -1.33. The Morgan fingerprint density at radius 3 is 2.83 bits per heavy atom. The molecule has 0 aliphatic heterocycles. The summed E-state index contributed by atoms with van der Waals surface area (Å²) in [5.41, 5.74) is 0. The van der Waals surface area contributed by atoms with Gasteiger partial charge in [-0.1, -0.05) is 0 Å². The SMILES string of the molecule is CC(O)CCN(C)C(C)C(=O)NCc1ccco1. The van der Waals surface area contributed by atoms with Crippen LogP contribution in [0.2, 0.25) is 0 Å². The minimum Gasteiger partial charge on any atom is -0.467 e. The Morgan fingerprint density at radius 2 is 2.28 bits per heavy atom. The van der Waals surface area contributed by atoms with Gasteiger partial charge >= 0.3 is 0 Å². The second-order valence-electron chi connectivity index (χ2n) is 4.59. The van der Waals surface area contributed by atoms with Gasteiger partial charge in [-0.25, -0.2) is 0 Å².